The Bertz CT molecular complexity index is 392. The van der Waals surface area contributed by atoms with Gasteiger partial charge in [0.05, 0.1) is 11.6 Å². The molecule has 0 saturated heterocycles. The summed E-state index contributed by atoms with van der Waals surface area (Å²) in [4.78, 5) is 0. The Morgan fingerprint density at radius 2 is 2.11 bits per heavy atom. The monoisotopic (exact) mass is 268 g/mol. The minimum atomic E-state index is -0.0284. The molecular formula is C15H21ClO2. The SMILES string of the molecule is CCC1CCCCC1Oc1c(Cl)cccc1CO. The molecule has 0 bridgehead atoms. The Kier molecular flexibility index (Phi) is 4.90. The Balaban J connectivity index is 2.17. The van der Waals surface area contributed by atoms with Crippen LogP contribution in [-0.2, 0) is 6.61 Å². The first-order chi connectivity index (χ1) is 8.76. The predicted octanol–water partition coefficient (Wildman–Crippen LogP) is 4.18. The van der Waals surface area contributed by atoms with Crippen molar-refractivity contribution in [3.63, 3.8) is 0 Å². The van der Waals surface area contributed by atoms with Crippen molar-refractivity contribution < 1.29 is 9.84 Å². The van der Waals surface area contributed by atoms with E-state index in [0.29, 0.717) is 16.7 Å². The molecule has 2 atom stereocenters. The van der Waals surface area contributed by atoms with E-state index in [4.69, 9.17) is 16.3 Å². The molecule has 3 heteroatoms. The van der Waals surface area contributed by atoms with Gasteiger partial charge < -0.3 is 9.84 Å². The fraction of sp³-hybridized carbons (Fsp3) is 0.600. The van der Waals surface area contributed by atoms with Crippen LogP contribution < -0.4 is 4.74 Å². The molecule has 2 nitrogen and oxygen atoms in total. The molecule has 100 valence electrons. The van der Waals surface area contributed by atoms with Gasteiger partial charge in [-0.2, -0.15) is 0 Å². The van der Waals surface area contributed by atoms with Gasteiger partial charge >= 0.3 is 0 Å². The minimum absolute atomic E-state index is 0.0284. The van der Waals surface area contributed by atoms with Gasteiger partial charge in [0.1, 0.15) is 11.9 Å². The molecular weight excluding hydrogens is 248 g/mol. The Morgan fingerprint density at radius 1 is 1.33 bits per heavy atom. The quantitative estimate of drug-likeness (QED) is 0.888. The maximum absolute atomic E-state index is 9.36. The van der Waals surface area contributed by atoms with Crippen molar-refractivity contribution in [1.29, 1.82) is 0 Å². The second-order valence-electron chi connectivity index (χ2n) is 5.00. The van der Waals surface area contributed by atoms with Gasteiger partial charge in [0.2, 0.25) is 0 Å². The lowest BCUT2D eigenvalue weighted by Crippen LogP contribution is -2.30. The molecule has 1 aliphatic rings. The maximum Gasteiger partial charge on any atom is 0.143 e. The van der Waals surface area contributed by atoms with Gasteiger partial charge in [-0.05, 0) is 37.7 Å². The average Bonchev–Trinajstić information content (AvgIpc) is 2.41. The van der Waals surface area contributed by atoms with Crippen molar-refractivity contribution in [2.45, 2.75) is 51.7 Å². The first-order valence-electron chi connectivity index (χ1n) is 6.81. The molecule has 0 radical (unpaired) electrons. The van der Waals surface area contributed by atoms with E-state index in [1.54, 1.807) is 0 Å². The number of benzene rings is 1. The number of aliphatic hydroxyl groups excluding tert-OH is 1. The first-order valence-corrected chi connectivity index (χ1v) is 7.19. The standard InChI is InChI=1S/C15H21ClO2/c1-2-11-6-3-4-9-14(11)18-15-12(10-17)7-5-8-13(15)16/h5,7-8,11,14,17H,2-4,6,9-10H2,1H3. The van der Waals surface area contributed by atoms with Crippen LogP contribution in [0, 0.1) is 5.92 Å². The van der Waals surface area contributed by atoms with E-state index in [-0.39, 0.29) is 12.7 Å². The van der Waals surface area contributed by atoms with E-state index in [2.05, 4.69) is 6.92 Å². The molecule has 1 N–H and O–H groups in total. The van der Waals surface area contributed by atoms with Crippen molar-refractivity contribution in [2.75, 3.05) is 0 Å². The molecule has 1 saturated carbocycles. The second-order valence-corrected chi connectivity index (χ2v) is 5.40. The molecule has 2 rings (SSSR count). The van der Waals surface area contributed by atoms with Crippen LogP contribution in [0.15, 0.2) is 18.2 Å². The molecule has 1 fully saturated rings. The van der Waals surface area contributed by atoms with Gasteiger partial charge in [-0.25, -0.2) is 0 Å². The normalized spacial score (nSPS) is 23.9. The number of para-hydroxylation sites is 1. The van der Waals surface area contributed by atoms with E-state index in [0.717, 1.165) is 18.4 Å². The fourth-order valence-electron chi connectivity index (χ4n) is 2.76. The van der Waals surface area contributed by atoms with Crippen LogP contribution >= 0.6 is 11.6 Å². The summed E-state index contributed by atoms with van der Waals surface area (Å²) < 4.78 is 6.12. The van der Waals surface area contributed by atoms with Gasteiger partial charge in [0, 0.05) is 5.56 Å². The van der Waals surface area contributed by atoms with Crippen LogP contribution in [0.5, 0.6) is 5.75 Å². The third-order valence-corrected chi connectivity index (χ3v) is 4.15. The summed E-state index contributed by atoms with van der Waals surface area (Å²) in [5.41, 5.74) is 0.780. The summed E-state index contributed by atoms with van der Waals surface area (Å²) in [5, 5.41) is 9.96. The maximum atomic E-state index is 9.36. The van der Waals surface area contributed by atoms with E-state index in [9.17, 15) is 5.11 Å². The van der Waals surface area contributed by atoms with Crippen molar-refractivity contribution in [3.8, 4) is 5.75 Å². The smallest absolute Gasteiger partial charge is 0.143 e. The van der Waals surface area contributed by atoms with Gasteiger partial charge in [-0.1, -0.05) is 37.1 Å². The summed E-state index contributed by atoms with van der Waals surface area (Å²) in [5.74, 6) is 1.29. The number of hydrogen-bond acceptors (Lipinski definition) is 2. The van der Waals surface area contributed by atoms with E-state index >= 15 is 0 Å². The van der Waals surface area contributed by atoms with E-state index < -0.39 is 0 Å². The summed E-state index contributed by atoms with van der Waals surface area (Å²) in [7, 11) is 0. The minimum Gasteiger partial charge on any atom is -0.488 e. The lowest BCUT2D eigenvalue weighted by molar-refractivity contribution is 0.0879. The van der Waals surface area contributed by atoms with Crippen LogP contribution in [-0.4, -0.2) is 11.2 Å². The summed E-state index contributed by atoms with van der Waals surface area (Å²) >= 11 is 6.18. The van der Waals surface area contributed by atoms with Crippen molar-refractivity contribution in [3.05, 3.63) is 28.8 Å². The third-order valence-electron chi connectivity index (χ3n) is 3.85. The fourth-order valence-corrected chi connectivity index (χ4v) is 3.00. The lowest BCUT2D eigenvalue weighted by Gasteiger charge is -2.32. The topological polar surface area (TPSA) is 29.5 Å². The van der Waals surface area contributed by atoms with E-state index in [1.807, 2.05) is 18.2 Å². The highest BCUT2D eigenvalue weighted by Gasteiger charge is 2.26. The zero-order valence-electron chi connectivity index (χ0n) is 10.9. The van der Waals surface area contributed by atoms with Crippen LogP contribution in [0.1, 0.15) is 44.6 Å². The Morgan fingerprint density at radius 3 is 2.83 bits per heavy atom. The number of ether oxygens (including phenoxy) is 1. The summed E-state index contributed by atoms with van der Waals surface area (Å²) in [6.45, 7) is 2.19. The molecule has 0 aromatic heterocycles. The van der Waals surface area contributed by atoms with Crippen molar-refractivity contribution in [2.24, 2.45) is 5.92 Å². The van der Waals surface area contributed by atoms with Crippen LogP contribution in [0.25, 0.3) is 0 Å². The van der Waals surface area contributed by atoms with Crippen LogP contribution in [0.3, 0.4) is 0 Å². The zero-order chi connectivity index (χ0) is 13.0. The highest BCUT2D eigenvalue weighted by molar-refractivity contribution is 6.32. The first kappa shape index (κ1) is 13.7. The average molecular weight is 269 g/mol. The Labute approximate surface area is 114 Å². The molecule has 1 aliphatic carbocycles. The highest BCUT2D eigenvalue weighted by Crippen LogP contribution is 2.35. The second kappa shape index (κ2) is 6.44. The van der Waals surface area contributed by atoms with Gasteiger partial charge in [-0.3, -0.25) is 0 Å². The lowest BCUT2D eigenvalue weighted by atomic mass is 9.84. The van der Waals surface area contributed by atoms with Crippen LogP contribution in [0.4, 0.5) is 0 Å². The van der Waals surface area contributed by atoms with Gasteiger partial charge in [0.15, 0.2) is 0 Å². The molecule has 2 unspecified atom stereocenters. The Hall–Kier alpha value is -0.730. The number of hydrogen-bond donors (Lipinski definition) is 1. The largest absolute Gasteiger partial charge is 0.488 e. The van der Waals surface area contributed by atoms with Crippen LogP contribution in [0.2, 0.25) is 5.02 Å². The molecule has 0 spiro atoms. The number of halogens is 1. The number of rotatable bonds is 4. The zero-order valence-corrected chi connectivity index (χ0v) is 11.6. The summed E-state index contributed by atoms with van der Waals surface area (Å²) in [6, 6.07) is 5.53. The molecule has 1 aromatic rings. The molecule has 0 heterocycles. The van der Waals surface area contributed by atoms with Crippen molar-refractivity contribution >= 4 is 11.6 Å². The third kappa shape index (κ3) is 2.99. The number of aliphatic hydroxyl groups is 1. The molecule has 1 aromatic carbocycles. The predicted molar refractivity (Wildman–Crippen MR) is 74.0 cm³/mol. The van der Waals surface area contributed by atoms with E-state index in [1.165, 1.54) is 19.3 Å². The van der Waals surface area contributed by atoms with Gasteiger partial charge in [-0.15, -0.1) is 0 Å². The molecule has 18 heavy (non-hydrogen) atoms. The highest BCUT2D eigenvalue weighted by atomic mass is 35.5. The molecule has 0 amide bonds. The van der Waals surface area contributed by atoms with Crippen molar-refractivity contribution in [1.82, 2.24) is 0 Å². The van der Waals surface area contributed by atoms with Gasteiger partial charge in [0.25, 0.3) is 0 Å². The molecule has 0 aliphatic heterocycles. The summed E-state index contributed by atoms with van der Waals surface area (Å²) in [6.07, 6.45) is 6.24.